The lowest BCUT2D eigenvalue weighted by atomic mass is 9.95. The Bertz CT molecular complexity index is 338. The maximum atomic E-state index is 9.80. The van der Waals surface area contributed by atoms with E-state index < -0.39 is 0 Å². The third-order valence-corrected chi connectivity index (χ3v) is 3.01. The minimum atomic E-state index is 0.437. The quantitative estimate of drug-likeness (QED) is 0.659. The third kappa shape index (κ3) is 2.07. The van der Waals surface area contributed by atoms with E-state index in [9.17, 15) is 5.11 Å². The Morgan fingerprint density at radius 1 is 1.53 bits per heavy atom. The van der Waals surface area contributed by atoms with Crippen molar-refractivity contribution in [2.24, 2.45) is 0 Å². The van der Waals surface area contributed by atoms with Crippen molar-refractivity contribution >= 4 is 5.69 Å². The minimum absolute atomic E-state index is 0.437. The summed E-state index contributed by atoms with van der Waals surface area (Å²) in [5.41, 5.74) is 2.21. The van der Waals surface area contributed by atoms with E-state index in [0.717, 1.165) is 37.2 Å². The fourth-order valence-corrected chi connectivity index (χ4v) is 2.24. The highest BCUT2D eigenvalue weighted by molar-refractivity contribution is 5.62. The molecule has 0 bridgehead atoms. The molecule has 0 saturated heterocycles. The molecule has 0 aliphatic carbocycles. The molecule has 1 unspecified atom stereocenters. The summed E-state index contributed by atoms with van der Waals surface area (Å²) < 4.78 is 0. The Morgan fingerprint density at radius 2 is 2.40 bits per heavy atom. The van der Waals surface area contributed by atoms with Crippen LogP contribution in [0.25, 0.3) is 0 Å². The second-order valence-corrected chi connectivity index (χ2v) is 4.06. The number of anilines is 1. The first-order chi connectivity index (χ1) is 7.33. The lowest BCUT2D eigenvalue weighted by Crippen LogP contribution is -2.10. The average molecular weight is 206 g/mol. The van der Waals surface area contributed by atoms with Crippen molar-refractivity contribution in [2.75, 3.05) is 25.5 Å². The van der Waals surface area contributed by atoms with Gasteiger partial charge in [-0.2, -0.15) is 0 Å². The summed E-state index contributed by atoms with van der Waals surface area (Å²) in [4.78, 5) is 0. The maximum Gasteiger partial charge on any atom is 0.121 e. The van der Waals surface area contributed by atoms with Crippen LogP contribution >= 0.6 is 0 Å². The van der Waals surface area contributed by atoms with E-state index in [1.54, 1.807) is 6.07 Å². The lowest BCUT2D eigenvalue weighted by Gasteiger charge is -2.10. The van der Waals surface area contributed by atoms with E-state index >= 15 is 0 Å². The molecule has 3 heteroatoms. The van der Waals surface area contributed by atoms with Gasteiger partial charge in [-0.1, -0.05) is 6.07 Å². The van der Waals surface area contributed by atoms with Crippen LogP contribution in [-0.4, -0.2) is 25.2 Å². The zero-order valence-electron chi connectivity index (χ0n) is 9.09. The van der Waals surface area contributed by atoms with Gasteiger partial charge in [0.1, 0.15) is 5.75 Å². The number of phenolic OH excluding ortho intramolecular Hbond substituents is 1. The van der Waals surface area contributed by atoms with Gasteiger partial charge in [0.15, 0.2) is 0 Å². The van der Waals surface area contributed by atoms with Gasteiger partial charge in [-0.3, -0.25) is 0 Å². The summed E-state index contributed by atoms with van der Waals surface area (Å²) in [6.45, 7) is 2.00. The number of hydrogen-bond acceptors (Lipinski definition) is 3. The van der Waals surface area contributed by atoms with E-state index in [4.69, 9.17) is 0 Å². The van der Waals surface area contributed by atoms with Crippen LogP contribution in [0.1, 0.15) is 24.3 Å². The Kier molecular flexibility index (Phi) is 3.11. The number of rotatable bonds is 4. The average Bonchev–Trinajstić information content (AvgIpc) is 2.63. The van der Waals surface area contributed by atoms with Gasteiger partial charge in [-0.25, -0.2) is 0 Å². The SMILES string of the molecule is CNCCCC1CNc2cccc(O)c21. The van der Waals surface area contributed by atoms with E-state index in [2.05, 4.69) is 10.6 Å². The summed E-state index contributed by atoms with van der Waals surface area (Å²) in [6.07, 6.45) is 2.27. The molecule has 1 aromatic rings. The first-order valence-corrected chi connectivity index (χ1v) is 5.53. The first kappa shape index (κ1) is 10.3. The highest BCUT2D eigenvalue weighted by atomic mass is 16.3. The molecule has 0 fully saturated rings. The predicted molar refractivity (Wildman–Crippen MR) is 62.5 cm³/mol. The molecule has 1 aliphatic rings. The van der Waals surface area contributed by atoms with Gasteiger partial charge in [0.25, 0.3) is 0 Å². The van der Waals surface area contributed by atoms with Crippen molar-refractivity contribution in [1.82, 2.24) is 5.32 Å². The molecule has 0 spiro atoms. The summed E-state index contributed by atoms with van der Waals surface area (Å²) in [7, 11) is 1.97. The highest BCUT2D eigenvalue weighted by Gasteiger charge is 2.24. The molecule has 1 aliphatic heterocycles. The van der Waals surface area contributed by atoms with Gasteiger partial charge in [0.05, 0.1) is 0 Å². The third-order valence-electron chi connectivity index (χ3n) is 3.01. The minimum Gasteiger partial charge on any atom is -0.508 e. The van der Waals surface area contributed by atoms with Gasteiger partial charge in [-0.15, -0.1) is 0 Å². The number of benzene rings is 1. The van der Waals surface area contributed by atoms with Crippen molar-refractivity contribution in [2.45, 2.75) is 18.8 Å². The molecule has 1 aromatic carbocycles. The van der Waals surface area contributed by atoms with Crippen molar-refractivity contribution in [3.05, 3.63) is 23.8 Å². The van der Waals surface area contributed by atoms with Gasteiger partial charge < -0.3 is 15.7 Å². The predicted octanol–water partition coefficient (Wildman–Crippen LogP) is 1.90. The van der Waals surface area contributed by atoms with E-state index in [-0.39, 0.29) is 0 Å². The fourth-order valence-electron chi connectivity index (χ4n) is 2.24. The Balaban J connectivity index is 2.07. The molecule has 0 radical (unpaired) electrons. The molecular formula is C12H18N2O. The van der Waals surface area contributed by atoms with Crippen LogP contribution in [0, 0.1) is 0 Å². The molecule has 0 saturated carbocycles. The summed E-state index contributed by atoms with van der Waals surface area (Å²) >= 11 is 0. The normalized spacial score (nSPS) is 18.6. The number of phenols is 1. The Hall–Kier alpha value is -1.22. The molecular weight excluding hydrogens is 188 g/mol. The van der Waals surface area contributed by atoms with E-state index in [1.807, 2.05) is 19.2 Å². The van der Waals surface area contributed by atoms with Gasteiger partial charge in [-0.05, 0) is 38.6 Å². The maximum absolute atomic E-state index is 9.80. The topological polar surface area (TPSA) is 44.3 Å². The van der Waals surface area contributed by atoms with Gasteiger partial charge in [0.2, 0.25) is 0 Å². The largest absolute Gasteiger partial charge is 0.508 e. The second kappa shape index (κ2) is 4.53. The fraction of sp³-hybridized carbons (Fsp3) is 0.500. The second-order valence-electron chi connectivity index (χ2n) is 4.06. The van der Waals surface area contributed by atoms with Gasteiger partial charge >= 0.3 is 0 Å². The lowest BCUT2D eigenvalue weighted by molar-refractivity contribution is 0.461. The molecule has 2 rings (SSSR count). The van der Waals surface area contributed by atoms with Crippen LogP contribution in [0.4, 0.5) is 5.69 Å². The monoisotopic (exact) mass is 206 g/mol. The van der Waals surface area contributed by atoms with Crippen LogP contribution in [0.5, 0.6) is 5.75 Å². The van der Waals surface area contributed by atoms with E-state index in [0.29, 0.717) is 11.7 Å². The summed E-state index contributed by atoms with van der Waals surface area (Å²) in [6, 6.07) is 5.70. The van der Waals surface area contributed by atoms with Crippen LogP contribution in [0.15, 0.2) is 18.2 Å². The van der Waals surface area contributed by atoms with Crippen LogP contribution in [-0.2, 0) is 0 Å². The summed E-state index contributed by atoms with van der Waals surface area (Å²) in [5.74, 6) is 0.904. The zero-order valence-corrected chi connectivity index (χ0v) is 9.09. The Labute approximate surface area is 90.5 Å². The highest BCUT2D eigenvalue weighted by Crippen LogP contribution is 2.39. The first-order valence-electron chi connectivity index (χ1n) is 5.53. The molecule has 1 heterocycles. The van der Waals surface area contributed by atoms with Crippen molar-refractivity contribution in [1.29, 1.82) is 0 Å². The Morgan fingerprint density at radius 3 is 3.20 bits per heavy atom. The summed E-state index contributed by atoms with van der Waals surface area (Å²) in [5, 5.41) is 16.3. The van der Waals surface area contributed by atoms with Crippen molar-refractivity contribution < 1.29 is 5.11 Å². The molecule has 1 atom stereocenters. The van der Waals surface area contributed by atoms with Crippen molar-refractivity contribution in [3.63, 3.8) is 0 Å². The molecule has 0 amide bonds. The molecule has 0 aromatic heterocycles. The number of nitrogens with one attached hydrogen (secondary N) is 2. The van der Waals surface area contributed by atoms with Crippen LogP contribution in [0.3, 0.4) is 0 Å². The molecule has 3 N–H and O–H groups in total. The van der Waals surface area contributed by atoms with Crippen molar-refractivity contribution in [3.8, 4) is 5.75 Å². The van der Waals surface area contributed by atoms with Crippen LogP contribution < -0.4 is 10.6 Å². The molecule has 82 valence electrons. The number of aromatic hydroxyl groups is 1. The smallest absolute Gasteiger partial charge is 0.121 e. The van der Waals surface area contributed by atoms with Crippen LogP contribution in [0.2, 0.25) is 0 Å². The number of fused-ring (bicyclic) bond motifs is 1. The zero-order chi connectivity index (χ0) is 10.7. The molecule has 15 heavy (non-hydrogen) atoms. The number of hydrogen-bond donors (Lipinski definition) is 3. The molecule has 3 nitrogen and oxygen atoms in total. The van der Waals surface area contributed by atoms with Gasteiger partial charge in [0, 0.05) is 23.7 Å². The standard InChI is InChI=1S/C12H18N2O/c1-13-7-3-4-9-8-14-10-5-2-6-11(15)12(9)10/h2,5-6,9,13-15H,3-4,7-8H2,1H3. The van der Waals surface area contributed by atoms with E-state index in [1.165, 1.54) is 0 Å².